The lowest BCUT2D eigenvalue weighted by molar-refractivity contribution is -0.141. The number of halogens is 4. The number of hydrogen-bond acceptors (Lipinski definition) is 4. The molecule has 0 aliphatic heterocycles. The van der Waals surface area contributed by atoms with E-state index < -0.39 is 17.8 Å². The number of hydrogen-bond donors (Lipinski definition) is 1. The van der Waals surface area contributed by atoms with E-state index in [0.717, 1.165) is 23.4 Å². The van der Waals surface area contributed by atoms with E-state index in [1.807, 2.05) is 24.3 Å². The SMILES string of the molecule is CC(Cn1nc(C(F)(F)F)cc1C1CC1)C(=O)Nc1cnn(COc2ccc(Br)cc2)c1. The van der Waals surface area contributed by atoms with E-state index in [2.05, 4.69) is 31.4 Å². The number of ether oxygens (including phenoxy) is 1. The molecule has 1 aliphatic rings. The van der Waals surface area contributed by atoms with Crippen LogP contribution >= 0.6 is 15.9 Å². The summed E-state index contributed by atoms with van der Waals surface area (Å²) in [6, 6.07) is 8.44. The molecule has 7 nitrogen and oxygen atoms in total. The fraction of sp³-hybridized carbons (Fsp3) is 0.381. The Labute approximate surface area is 190 Å². The Morgan fingerprint density at radius 3 is 2.69 bits per heavy atom. The molecule has 3 aromatic rings. The lowest BCUT2D eigenvalue weighted by Crippen LogP contribution is -2.25. The summed E-state index contributed by atoms with van der Waals surface area (Å²) in [4.78, 5) is 12.6. The molecule has 1 saturated carbocycles. The normalized spacial score (nSPS) is 14.9. The molecular formula is C21H21BrF3N5O2. The number of carbonyl (C=O) groups is 1. The second kappa shape index (κ2) is 8.97. The summed E-state index contributed by atoms with van der Waals surface area (Å²) in [5.41, 5.74) is 0.0917. The Kier molecular flexibility index (Phi) is 6.27. The van der Waals surface area contributed by atoms with Gasteiger partial charge in [0.1, 0.15) is 5.75 Å². The van der Waals surface area contributed by atoms with Gasteiger partial charge in [-0.25, -0.2) is 4.68 Å². The maximum absolute atomic E-state index is 13.1. The first kappa shape index (κ1) is 22.4. The van der Waals surface area contributed by atoms with Crippen LogP contribution in [0.15, 0.2) is 47.2 Å². The van der Waals surface area contributed by atoms with Crippen LogP contribution in [0.3, 0.4) is 0 Å². The average Bonchev–Trinajstić information content (AvgIpc) is 3.33. The minimum absolute atomic E-state index is 0.0640. The zero-order valence-corrected chi connectivity index (χ0v) is 18.7. The molecule has 1 amide bonds. The van der Waals surface area contributed by atoms with Crippen LogP contribution in [0.25, 0.3) is 0 Å². The number of nitrogens with zero attached hydrogens (tertiary/aromatic N) is 4. The number of benzene rings is 1. The number of aromatic nitrogens is 4. The smallest absolute Gasteiger partial charge is 0.435 e. The van der Waals surface area contributed by atoms with Gasteiger partial charge in [0, 0.05) is 16.1 Å². The summed E-state index contributed by atoms with van der Waals surface area (Å²) in [7, 11) is 0. The second-order valence-electron chi connectivity index (χ2n) is 7.79. The zero-order valence-electron chi connectivity index (χ0n) is 17.1. The molecule has 4 rings (SSSR count). The predicted molar refractivity (Wildman–Crippen MR) is 114 cm³/mol. The summed E-state index contributed by atoms with van der Waals surface area (Å²) in [6.07, 6.45) is 0.277. The predicted octanol–water partition coefficient (Wildman–Crippen LogP) is 5.05. The van der Waals surface area contributed by atoms with Crippen LogP contribution in [0.2, 0.25) is 0 Å². The van der Waals surface area contributed by atoms with E-state index >= 15 is 0 Å². The fourth-order valence-corrected chi connectivity index (χ4v) is 3.47. The van der Waals surface area contributed by atoms with Gasteiger partial charge < -0.3 is 10.1 Å². The molecule has 1 aromatic carbocycles. The van der Waals surface area contributed by atoms with Gasteiger partial charge in [0.25, 0.3) is 0 Å². The Bertz CT molecular complexity index is 1090. The van der Waals surface area contributed by atoms with Crippen LogP contribution in [-0.4, -0.2) is 25.5 Å². The minimum Gasteiger partial charge on any atom is -0.471 e. The molecular weight excluding hydrogens is 491 g/mol. The van der Waals surface area contributed by atoms with Crippen LogP contribution in [0, 0.1) is 5.92 Å². The van der Waals surface area contributed by atoms with Crippen molar-refractivity contribution in [2.45, 2.75) is 45.1 Å². The summed E-state index contributed by atoms with van der Waals surface area (Å²) in [5, 5.41) is 10.6. The third kappa shape index (κ3) is 5.50. The monoisotopic (exact) mass is 511 g/mol. The van der Waals surface area contributed by atoms with E-state index in [1.165, 1.54) is 15.6 Å². The first-order valence-corrected chi connectivity index (χ1v) is 10.8. The summed E-state index contributed by atoms with van der Waals surface area (Å²) < 4.78 is 48.6. The molecule has 1 aliphatic carbocycles. The highest BCUT2D eigenvalue weighted by molar-refractivity contribution is 9.10. The van der Waals surface area contributed by atoms with Crippen molar-refractivity contribution in [2.75, 3.05) is 5.32 Å². The van der Waals surface area contributed by atoms with Gasteiger partial charge in [0.15, 0.2) is 12.4 Å². The molecule has 2 heterocycles. The molecule has 1 unspecified atom stereocenters. The molecule has 11 heteroatoms. The largest absolute Gasteiger partial charge is 0.471 e. The second-order valence-corrected chi connectivity index (χ2v) is 8.71. The molecule has 0 spiro atoms. The van der Waals surface area contributed by atoms with Crippen molar-refractivity contribution in [3.8, 4) is 5.75 Å². The Morgan fingerprint density at radius 1 is 1.31 bits per heavy atom. The van der Waals surface area contributed by atoms with Crippen LogP contribution in [0.4, 0.5) is 18.9 Å². The van der Waals surface area contributed by atoms with Crippen molar-refractivity contribution < 1.29 is 22.7 Å². The standard InChI is InChI=1S/C21H21BrF3N5O2/c1-13(10-30-18(14-2-3-14)8-19(28-30)21(23,24)25)20(31)27-16-9-26-29(11-16)12-32-17-6-4-15(22)5-7-17/h4-9,11,13-14H,2-3,10,12H2,1H3,(H,27,31). The van der Waals surface area contributed by atoms with Crippen LogP contribution in [-0.2, 0) is 24.2 Å². The van der Waals surface area contributed by atoms with Crippen LogP contribution in [0.1, 0.15) is 37.1 Å². The first-order valence-electron chi connectivity index (χ1n) is 10.1. The van der Waals surface area contributed by atoms with Gasteiger partial charge in [-0.15, -0.1) is 0 Å². The Morgan fingerprint density at radius 2 is 2.03 bits per heavy atom. The molecule has 0 saturated heterocycles. The number of anilines is 1. The van der Waals surface area contributed by atoms with Gasteiger partial charge in [0.2, 0.25) is 5.91 Å². The van der Waals surface area contributed by atoms with Crippen LogP contribution < -0.4 is 10.1 Å². The molecule has 1 atom stereocenters. The highest BCUT2D eigenvalue weighted by Crippen LogP contribution is 2.42. The first-order chi connectivity index (χ1) is 15.2. The fourth-order valence-electron chi connectivity index (χ4n) is 3.20. The topological polar surface area (TPSA) is 74.0 Å². The third-order valence-corrected chi connectivity index (χ3v) is 5.60. The van der Waals surface area contributed by atoms with E-state index in [9.17, 15) is 18.0 Å². The molecule has 0 radical (unpaired) electrons. The zero-order chi connectivity index (χ0) is 22.9. The van der Waals surface area contributed by atoms with Gasteiger partial charge in [-0.3, -0.25) is 9.48 Å². The van der Waals surface area contributed by atoms with Crippen LogP contribution in [0.5, 0.6) is 5.75 Å². The minimum atomic E-state index is -4.51. The maximum Gasteiger partial charge on any atom is 0.435 e. The van der Waals surface area contributed by atoms with Gasteiger partial charge >= 0.3 is 6.18 Å². The molecule has 2 aromatic heterocycles. The summed E-state index contributed by atoms with van der Waals surface area (Å²) in [5.74, 6) is -0.162. The third-order valence-electron chi connectivity index (χ3n) is 5.07. The highest BCUT2D eigenvalue weighted by atomic mass is 79.9. The van der Waals surface area contributed by atoms with E-state index in [1.54, 1.807) is 13.1 Å². The van der Waals surface area contributed by atoms with Crippen molar-refractivity contribution in [1.29, 1.82) is 0 Å². The average molecular weight is 512 g/mol. The lowest BCUT2D eigenvalue weighted by Gasteiger charge is -2.13. The Hall–Kier alpha value is -2.82. The number of nitrogens with one attached hydrogen (secondary N) is 1. The summed E-state index contributed by atoms with van der Waals surface area (Å²) in [6.45, 7) is 1.88. The molecule has 1 N–H and O–H groups in total. The maximum atomic E-state index is 13.1. The van der Waals surface area contributed by atoms with Gasteiger partial charge in [-0.2, -0.15) is 23.4 Å². The summed E-state index contributed by atoms with van der Waals surface area (Å²) >= 11 is 3.36. The molecule has 0 bridgehead atoms. The number of rotatable bonds is 8. The number of carbonyl (C=O) groups excluding carboxylic acids is 1. The van der Waals surface area contributed by atoms with E-state index in [4.69, 9.17) is 4.74 Å². The van der Waals surface area contributed by atoms with Crippen molar-refractivity contribution in [3.05, 3.63) is 58.6 Å². The van der Waals surface area contributed by atoms with Gasteiger partial charge in [-0.1, -0.05) is 22.9 Å². The van der Waals surface area contributed by atoms with E-state index in [0.29, 0.717) is 17.1 Å². The number of amides is 1. The van der Waals surface area contributed by atoms with Crippen molar-refractivity contribution in [3.63, 3.8) is 0 Å². The number of alkyl halides is 3. The van der Waals surface area contributed by atoms with Gasteiger partial charge in [-0.05, 0) is 43.2 Å². The Balaban J connectivity index is 1.34. The van der Waals surface area contributed by atoms with Crippen molar-refractivity contribution >= 4 is 27.5 Å². The van der Waals surface area contributed by atoms with Crippen molar-refractivity contribution in [2.24, 2.45) is 5.92 Å². The quantitative estimate of drug-likeness (QED) is 0.459. The lowest BCUT2D eigenvalue weighted by atomic mass is 10.1. The molecule has 1 fully saturated rings. The van der Waals surface area contributed by atoms with Crippen molar-refractivity contribution in [1.82, 2.24) is 19.6 Å². The van der Waals surface area contributed by atoms with Gasteiger partial charge in [0.05, 0.1) is 30.5 Å². The highest BCUT2D eigenvalue weighted by Gasteiger charge is 2.38. The molecule has 32 heavy (non-hydrogen) atoms. The molecule has 170 valence electrons. The van der Waals surface area contributed by atoms with E-state index in [-0.39, 0.29) is 25.1 Å².